The third-order valence-corrected chi connectivity index (χ3v) is 6.60. The summed E-state index contributed by atoms with van der Waals surface area (Å²) in [5.74, 6) is 0.511. The Kier molecular flexibility index (Phi) is 17.3. The predicted octanol–water partition coefficient (Wildman–Crippen LogP) is 8.61. The van der Waals surface area contributed by atoms with Crippen LogP contribution in [0.25, 0.3) is 0 Å². The molecule has 29 heavy (non-hydrogen) atoms. The fraction of sp³-hybridized carbons (Fsp3) is 0.731. The number of hydrogen-bond acceptors (Lipinski definition) is 2. The van der Waals surface area contributed by atoms with Crippen LogP contribution in [-0.2, 0) is 16.1 Å². The molecular weight excluding hydrogens is 424 g/mol. The Bertz CT molecular complexity index is 489. The monoisotopic (exact) mass is 466 g/mol. The molecule has 0 amide bonds. The van der Waals surface area contributed by atoms with Crippen LogP contribution in [0.3, 0.4) is 0 Å². The van der Waals surface area contributed by atoms with Crippen LogP contribution in [0.2, 0.25) is 0 Å². The third kappa shape index (κ3) is 15.6. The number of unbranched alkanes of at least 4 members (excludes halogenated alkanes) is 11. The van der Waals surface area contributed by atoms with E-state index in [1.54, 1.807) is 0 Å². The summed E-state index contributed by atoms with van der Waals surface area (Å²) in [7, 11) is 0. The molecule has 0 aromatic heterocycles. The summed E-state index contributed by atoms with van der Waals surface area (Å²) in [6.07, 6.45) is 19.3. The zero-order valence-electron chi connectivity index (χ0n) is 18.7. The molecule has 0 aliphatic rings. The van der Waals surface area contributed by atoms with E-state index in [0.717, 1.165) is 17.3 Å². The molecule has 0 fully saturated rings. The normalized spacial score (nSPS) is 12.1. The minimum Gasteiger partial charge on any atom is -0.461 e. The molecule has 1 rings (SSSR count). The number of esters is 1. The van der Waals surface area contributed by atoms with Crippen LogP contribution in [0, 0.1) is 5.92 Å². The Labute approximate surface area is 188 Å². The van der Waals surface area contributed by atoms with Gasteiger partial charge >= 0.3 is 5.97 Å². The molecule has 1 aromatic rings. The molecule has 0 radical (unpaired) electrons. The molecular formula is C26H43BrO2. The van der Waals surface area contributed by atoms with Crippen molar-refractivity contribution in [3.63, 3.8) is 0 Å². The molecule has 3 heteroatoms. The van der Waals surface area contributed by atoms with Crippen LogP contribution in [0.15, 0.2) is 30.3 Å². The number of halogens is 1. The number of benzene rings is 1. The first-order valence-electron chi connectivity index (χ1n) is 12.0. The summed E-state index contributed by atoms with van der Waals surface area (Å²) >= 11 is 3.62. The molecule has 1 unspecified atom stereocenters. The van der Waals surface area contributed by atoms with Crippen LogP contribution < -0.4 is 0 Å². The summed E-state index contributed by atoms with van der Waals surface area (Å²) in [6.45, 7) is 2.67. The summed E-state index contributed by atoms with van der Waals surface area (Å²) in [4.78, 5) is 12.0. The van der Waals surface area contributed by atoms with Crippen molar-refractivity contribution in [2.24, 2.45) is 5.92 Å². The Morgan fingerprint density at radius 2 is 1.38 bits per heavy atom. The maximum absolute atomic E-state index is 12.0. The number of hydrogen-bond donors (Lipinski definition) is 0. The first kappa shape index (κ1) is 26.2. The van der Waals surface area contributed by atoms with E-state index < -0.39 is 0 Å². The molecule has 1 atom stereocenters. The van der Waals surface area contributed by atoms with Crippen LogP contribution in [0.5, 0.6) is 0 Å². The van der Waals surface area contributed by atoms with E-state index in [1.807, 2.05) is 30.3 Å². The number of carbonyl (C=O) groups excluding carboxylic acids is 1. The molecule has 2 nitrogen and oxygen atoms in total. The molecule has 0 aliphatic carbocycles. The summed E-state index contributed by atoms with van der Waals surface area (Å²) in [5, 5.41) is 0.983. The minimum atomic E-state index is -0.0745. The van der Waals surface area contributed by atoms with E-state index in [2.05, 4.69) is 22.9 Å². The highest BCUT2D eigenvalue weighted by atomic mass is 79.9. The maximum Gasteiger partial charge on any atom is 0.306 e. The fourth-order valence-electron chi connectivity index (χ4n) is 3.70. The average Bonchev–Trinajstić information content (AvgIpc) is 2.75. The van der Waals surface area contributed by atoms with E-state index in [-0.39, 0.29) is 5.97 Å². The van der Waals surface area contributed by atoms with Crippen molar-refractivity contribution in [1.82, 2.24) is 0 Å². The molecule has 0 saturated heterocycles. The van der Waals surface area contributed by atoms with Gasteiger partial charge in [0.25, 0.3) is 0 Å². The van der Waals surface area contributed by atoms with Gasteiger partial charge in [-0.2, -0.15) is 0 Å². The lowest BCUT2D eigenvalue weighted by molar-refractivity contribution is -0.145. The van der Waals surface area contributed by atoms with Crippen molar-refractivity contribution in [1.29, 1.82) is 0 Å². The first-order chi connectivity index (χ1) is 14.3. The molecule has 0 heterocycles. The second-order valence-electron chi connectivity index (χ2n) is 8.38. The Morgan fingerprint density at radius 3 is 1.93 bits per heavy atom. The number of carbonyl (C=O) groups is 1. The van der Waals surface area contributed by atoms with Gasteiger partial charge in [-0.3, -0.25) is 4.79 Å². The maximum atomic E-state index is 12.0. The lowest BCUT2D eigenvalue weighted by atomic mass is 9.97. The molecule has 0 saturated carbocycles. The van der Waals surface area contributed by atoms with Gasteiger partial charge in [-0.1, -0.05) is 130 Å². The highest BCUT2D eigenvalue weighted by Gasteiger charge is 2.11. The largest absolute Gasteiger partial charge is 0.461 e. The quantitative estimate of drug-likeness (QED) is 0.116. The van der Waals surface area contributed by atoms with Gasteiger partial charge in [0.2, 0.25) is 0 Å². The zero-order chi connectivity index (χ0) is 21.0. The zero-order valence-corrected chi connectivity index (χ0v) is 20.3. The van der Waals surface area contributed by atoms with Gasteiger partial charge in [0, 0.05) is 11.8 Å². The highest BCUT2D eigenvalue weighted by molar-refractivity contribution is 9.09. The molecule has 0 spiro atoms. The molecule has 0 aliphatic heterocycles. The summed E-state index contributed by atoms with van der Waals surface area (Å²) in [5.41, 5.74) is 1.05. The second kappa shape index (κ2) is 19.2. The number of rotatable bonds is 19. The predicted molar refractivity (Wildman–Crippen MR) is 128 cm³/mol. The van der Waals surface area contributed by atoms with E-state index >= 15 is 0 Å². The van der Waals surface area contributed by atoms with E-state index in [0.29, 0.717) is 18.9 Å². The van der Waals surface area contributed by atoms with Crippen LogP contribution in [0.1, 0.15) is 109 Å². The van der Waals surface area contributed by atoms with Gasteiger partial charge in [0.15, 0.2) is 0 Å². The van der Waals surface area contributed by atoms with Gasteiger partial charge in [-0.15, -0.1) is 0 Å². The van der Waals surface area contributed by atoms with Gasteiger partial charge in [0.05, 0.1) is 0 Å². The van der Waals surface area contributed by atoms with Crippen LogP contribution >= 0.6 is 15.9 Å². The van der Waals surface area contributed by atoms with Gasteiger partial charge < -0.3 is 4.74 Å². The number of ether oxygens (including phenoxy) is 1. The fourth-order valence-corrected chi connectivity index (χ4v) is 4.35. The van der Waals surface area contributed by atoms with Crippen LogP contribution in [0.4, 0.5) is 0 Å². The highest BCUT2D eigenvalue weighted by Crippen LogP contribution is 2.20. The van der Waals surface area contributed by atoms with Gasteiger partial charge in [-0.05, 0) is 24.3 Å². The van der Waals surface area contributed by atoms with Crippen molar-refractivity contribution in [2.45, 2.75) is 110 Å². The molecule has 0 N–H and O–H groups in total. The SMILES string of the molecule is CCCCCCCCCCCCCCC(CBr)CCC(=O)OCc1ccccc1. The lowest BCUT2D eigenvalue weighted by Gasteiger charge is -2.13. The molecule has 1 aromatic carbocycles. The summed E-state index contributed by atoms with van der Waals surface area (Å²) in [6, 6.07) is 9.89. The van der Waals surface area contributed by atoms with Crippen molar-refractivity contribution in [3.8, 4) is 0 Å². The van der Waals surface area contributed by atoms with Crippen molar-refractivity contribution in [2.75, 3.05) is 5.33 Å². The average molecular weight is 468 g/mol. The topological polar surface area (TPSA) is 26.3 Å². The Hall–Kier alpha value is -0.830. The standard InChI is InChI=1S/C26H43BrO2/c1-2-3-4-5-6-7-8-9-10-11-12-14-17-24(22-27)20-21-26(28)29-23-25-18-15-13-16-19-25/h13,15-16,18-19,24H,2-12,14,17,20-23H2,1H3. The molecule has 166 valence electrons. The van der Waals surface area contributed by atoms with Crippen molar-refractivity contribution in [3.05, 3.63) is 35.9 Å². The number of alkyl halides is 1. The summed E-state index contributed by atoms with van der Waals surface area (Å²) < 4.78 is 5.39. The van der Waals surface area contributed by atoms with E-state index in [1.165, 1.54) is 83.5 Å². The molecule has 0 bridgehead atoms. The van der Waals surface area contributed by atoms with E-state index in [9.17, 15) is 4.79 Å². The van der Waals surface area contributed by atoms with Crippen LogP contribution in [-0.4, -0.2) is 11.3 Å². The van der Waals surface area contributed by atoms with E-state index in [4.69, 9.17) is 4.74 Å². The third-order valence-electron chi connectivity index (χ3n) is 5.68. The second-order valence-corrected chi connectivity index (χ2v) is 9.03. The smallest absolute Gasteiger partial charge is 0.306 e. The first-order valence-corrected chi connectivity index (χ1v) is 13.1. The van der Waals surface area contributed by atoms with Gasteiger partial charge in [0.1, 0.15) is 6.61 Å². The van der Waals surface area contributed by atoms with Gasteiger partial charge in [-0.25, -0.2) is 0 Å². The lowest BCUT2D eigenvalue weighted by Crippen LogP contribution is -2.09. The Balaban J connectivity index is 1.93. The van der Waals surface area contributed by atoms with Crippen molar-refractivity contribution < 1.29 is 9.53 Å². The van der Waals surface area contributed by atoms with Crippen molar-refractivity contribution >= 4 is 21.9 Å². The minimum absolute atomic E-state index is 0.0745. The Morgan fingerprint density at radius 1 is 0.828 bits per heavy atom.